The highest BCUT2D eigenvalue weighted by molar-refractivity contribution is 7.13. The smallest absolute Gasteiger partial charge is 0.224 e. The van der Waals surface area contributed by atoms with E-state index in [1.54, 1.807) is 28.9 Å². The summed E-state index contributed by atoms with van der Waals surface area (Å²) in [6.07, 6.45) is 2.21. The lowest BCUT2D eigenvalue weighted by atomic mass is 10.1. The summed E-state index contributed by atoms with van der Waals surface area (Å²) in [5.41, 5.74) is 3.05. The number of pyridine rings is 1. The molecule has 0 fully saturated rings. The van der Waals surface area contributed by atoms with Crippen molar-refractivity contribution in [2.45, 2.75) is 13.0 Å². The van der Waals surface area contributed by atoms with Gasteiger partial charge in [0, 0.05) is 12.7 Å². The van der Waals surface area contributed by atoms with Crippen LogP contribution in [0.15, 0.2) is 52.7 Å². The molecule has 0 saturated heterocycles. The number of hydrogen-bond acceptors (Lipinski definition) is 4. The van der Waals surface area contributed by atoms with Crippen LogP contribution in [-0.4, -0.2) is 10.9 Å². The fourth-order valence-corrected chi connectivity index (χ4v) is 3.48. The van der Waals surface area contributed by atoms with Gasteiger partial charge in [-0.3, -0.25) is 9.78 Å². The van der Waals surface area contributed by atoms with Crippen molar-refractivity contribution in [2.75, 3.05) is 0 Å². The Bertz CT molecular complexity index is 706. The van der Waals surface area contributed by atoms with Gasteiger partial charge in [-0.2, -0.15) is 11.3 Å². The molecule has 21 heavy (non-hydrogen) atoms. The van der Waals surface area contributed by atoms with Crippen molar-refractivity contribution in [3.8, 4) is 10.6 Å². The molecule has 0 saturated carbocycles. The third kappa shape index (κ3) is 3.56. The molecule has 0 spiro atoms. The van der Waals surface area contributed by atoms with E-state index in [9.17, 15) is 4.79 Å². The summed E-state index contributed by atoms with van der Waals surface area (Å²) in [5, 5.41) is 8.99. The van der Waals surface area contributed by atoms with Crippen LogP contribution in [0.4, 0.5) is 0 Å². The van der Waals surface area contributed by atoms with Gasteiger partial charge in [0.15, 0.2) is 0 Å². The van der Waals surface area contributed by atoms with Gasteiger partial charge < -0.3 is 5.32 Å². The van der Waals surface area contributed by atoms with Crippen LogP contribution >= 0.6 is 22.7 Å². The van der Waals surface area contributed by atoms with Crippen LogP contribution in [-0.2, 0) is 17.8 Å². The largest absolute Gasteiger partial charge is 0.352 e. The summed E-state index contributed by atoms with van der Waals surface area (Å²) in [7, 11) is 0. The van der Waals surface area contributed by atoms with Crippen molar-refractivity contribution in [1.29, 1.82) is 0 Å². The van der Waals surface area contributed by atoms with E-state index in [0.29, 0.717) is 13.0 Å². The van der Waals surface area contributed by atoms with Crippen LogP contribution in [0.5, 0.6) is 0 Å². The van der Waals surface area contributed by atoms with Gasteiger partial charge in [0.25, 0.3) is 0 Å². The Balaban J connectivity index is 1.67. The van der Waals surface area contributed by atoms with Gasteiger partial charge in [-0.15, -0.1) is 11.3 Å². The highest BCUT2D eigenvalue weighted by Crippen LogP contribution is 2.25. The predicted molar refractivity (Wildman–Crippen MR) is 87.4 cm³/mol. The van der Waals surface area contributed by atoms with Gasteiger partial charge in [-0.05, 0) is 45.5 Å². The van der Waals surface area contributed by atoms with Gasteiger partial charge in [0.1, 0.15) is 0 Å². The summed E-state index contributed by atoms with van der Waals surface area (Å²) in [6.45, 7) is 0.504. The van der Waals surface area contributed by atoms with E-state index < -0.39 is 0 Å². The van der Waals surface area contributed by atoms with E-state index in [1.807, 2.05) is 46.5 Å². The molecule has 5 heteroatoms. The van der Waals surface area contributed by atoms with Gasteiger partial charge in [0.2, 0.25) is 5.91 Å². The summed E-state index contributed by atoms with van der Waals surface area (Å²) in [5.74, 6) is 0.0365. The highest BCUT2D eigenvalue weighted by atomic mass is 32.1. The summed E-state index contributed by atoms with van der Waals surface area (Å²) >= 11 is 3.26. The third-order valence-corrected chi connectivity index (χ3v) is 4.68. The second-order valence-corrected chi connectivity index (χ2v) is 6.30. The molecule has 106 valence electrons. The summed E-state index contributed by atoms with van der Waals surface area (Å²) in [6, 6.07) is 9.94. The number of carbonyl (C=O) groups is 1. The molecular formula is C16H14N2OS2. The Morgan fingerprint density at radius 1 is 1.19 bits per heavy atom. The first-order valence-corrected chi connectivity index (χ1v) is 8.41. The van der Waals surface area contributed by atoms with Crippen molar-refractivity contribution in [3.05, 3.63) is 63.8 Å². The maximum Gasteiger partial charge on any atom is 0.224 e. The normalized spacial score (nSPS) is 10.5. The molecule has 0 aliphatic heterocycles. The quantitative estimate of drug-likeness (QED) is 0.779. The average molecular weight is 314 g/mol. The Hall–Kier alpha value is -1.98. The van der Waals surface area contributed by atoms with E-state index in [2.05, 4.69) is 10.3 Å². The van der Waals surface area contributed by atoms with Gasteiger partial charge in [-0.25, -0.2) is 0 Å². The molecule has 3 aromatic rings. The molecular weight excluding hydrogens is 300 g/mol. The molecule has 0 atom stereocenters. The fraction of sp³-hybridized carbons (Fsp3) is 0.125. The first kappa shape index (κ1) is 14.0. The second-order valence-electron chi connectivity index (χ2n) is 4.57. The SMILES string of the molecule is O=C(Cc1ccsc1)NCc1cccnc1-c1cccs1. The number of hydrogen-bond donors (Lipinski definition) is 1. The molecule has 0 bridgehead atoms. The van der Waals surface area contributed by atoms with Crippen LogP contribution in [0.2, 0.25) is 0 Å². The number of rotatable bonds is 5. The number of nitrogens with zero attached hydrogens (tertiary/aromatic N) is 1. The van der Waals surface area contributed by atoms with E-state index in [1.165, 1.54) is 0 Å². The van der Waals surface area contributed by atoms with Gasteiger partial charge in [-0.1, -0.05) is 12.1 Å². The predicted octanol–water partition coefficient (Wildman–Crippen LogP) is 3.73. The molecule has 0 aliphatic rings. The molecule has 3 rings (SSSR count). The van der Waals surface area contributed by atoms with Crippen molar-refractivity contribution in [1.82, 2.24) is 10.3 Å². The molecule has 0 aliphatic carbocycles. The van der Waals surface area contributed by atoms with Crippen LogP contribution in [0.3, 0.4) is 0 Å². The molecule has 0 radical (unpaired) electrons. The monoisotopic (exact) mass is 314 g/mol. The van der Waals surface area contributed by atoms with E-state index in [0.717, 1.165) is 21.7 Å². The summed E-state index contributed by atoms with van der Waals surface area (Å²) in [4.78, 5) is 17.5. The topological polar surface area (TPSA) is 42.0 Å². The van der Waals surface area contributed by atoms with Crippen molar-refractivity contribution >= 4 is 28.6 Å². The lowest BCUT2D eigenvalue weighted by Crippen LogP contribution is -2.24. The van der Waals surface area contributed by atoms with Crippen molar-refractivity contribution in [2.24, 2.45) is 0 Å². The first-order valence-electron chi connectivity index (χ1n) is 6.58. The van der Waals surface area contributed by atoms with E-state index in [4.69, 9.17) is 0 Å². The molecule has 1 amide bonds. The zero-order valence-electron chi connectivity index (χ0n) is 11.3. The molecule has 3 aromatic heterocycles. The van der Waals surface area contributed by atoms with E-state index in [-0.39, 0.29) is 5.91 Å². The van der Waals surface area contributed by atoms with Crippen LogP contribution in [0.25, 0.3) is 10.6 Å². The van der Waals surface area contributed by atoms with Gasteiger partial charge >= 0.3 is 0 Å². The third-order valence-electron chi connectivity index (χ3n) is 3.07. The molecule has 0 aromatic carbocycles. The summed E-state index contributed by atoms with van der Waals surface area (Å²) < 4.78 is 0. The standard InChI is InChI=1S/C16H14N2OS2/c19-15(9-12-5-8-20-11-12)18-10-13-3-1-6-17-16(13)14-4-2-7-21-14/h1-8,11H,9-10H2,(H,18,19). The lowest BCUT2D eigenvalue weighted by Gasteiger charge is -2.08. The maximum absolute atomic E-state index is 12.0. The fourth-order valence-electron chi connectivity index (χ4n) is 2.05. The van der Waals surface area contributed by atoms with Crippen LogP contribution in [0.1, 0.15) is 11.1 Å². The molecule has 3 nitrogen and oxygen atoms in total. The van der Waals surface area contributed by atoms with Crippen molar-refractivity contribution in [3.63, 3.8) is 0 Å². The number of nitrogens with one attached hydrogen (secondary N) is 1. The Kier molecular flexibility index (Phi) is 4.43. The van der Waals surface area contributed by atoms with Crippen LogP contribution in [0, 0.1) is 0 Å². The lowest BCUT2D eigenvalue weighted by molar-refractivity contribution is -0.120. The zero-order valence-corrected chi connectivity index (χ0v) is 12.9. The Labute approximate surface area is 131 Å². The second kappa shape index (κ2) is 6.65. The Morgan fingerprint density at radius 3 is 2.90 bits per heavy atom. The number of carbonyl (C=O) groups excluding carboxylic acids is 1. The van der Waals surface area contributed by atoms with Crippen molar-refractivity contribution < 1.29 is 4.79 Å². The minimum Gasteiger partial charge on any atom is -0.352 e. The first-order chi connectivity index (χ1) is 10.3. The number of aromatic nitrogens is 1. The number of amides is 1. The zero-order chi connectivity index (χ0) is 14.5. The molecule has 1 N–H and O–H groups in total. The van der Waals surface area contributed by atoms with Gasteiger partial charge in [0.05, 0.1) is 17.0 Å². The Morgan fingerprint density at radius 2 is 2.14 bits per heavy atom. The molecule has 0 unspecified atom stereocenters. The maximum atomic E-state index is 12.0. The van der Waals surface area contributed by atoms with E-state index >= 15 is 0 Å². The average Bonchev–Trinajstić information content (AvgIpc) is 3.18. The number of thiophene rings is 2. The van der Waals surface area contributed by atoms with Crippen LogP contribution < -0.4 is 5.32 Å². The minimum atomic E-state index is 0.0365. The highest BCUT2D eigenvalue weighted by Gasteiger charge is 2.09. The minimum absolute atomic E-state index is 0.0365. The molecule has 3 heterocycles.